The Bertz CT molecular complexity index is 672. The standard InChI is InChI=1S/C19H32N6O2.HI/c1-5-20-19(21-9-7-10-26-15-17-8-6-11-27-17)22-13-18(24(2)3)16-12-23-25(4)14-16;/h6,8,11-12,14,18H,5,7,9-10,13,15H2,1-4H3,(H2,20,21,22);1H. The molecule has 2 N–H and O–H groups in total. The first-order chi connectivity index (χ1) is 13.1. The lowest BCUT2D eigenvalue weighted by atomic mass is 10.1. The molecule has 0 aliphatic carbocycles. The fraction of sp³-hybridized carbons (Fsp3) is 0.579. The molecular weight excluding hydrogens is 471 g/mol. The van der Waals surface area contributed by atoms with E-state index in [2.05, 4.69) is 41.7 Å². The number of nitrogens with zero attached hydrogens (tertiary/aromatic N) is 4. The Labute approximate surface area is 184 Å². The monoisotopic (exact) mass is 504 g/mol. The SMILES string of the molecule is CCNC(=NCC(c1cnn(C)c1)N(C)C)NCCCOCc1ccco1.I. The fourth-order valence-corrected chi connectivity index (χ4v) is 2.65. The summed E-state index contributed by atoms with van der Waals surface area (Å²) in [7, 11) is 6.05. The molecule has 0 saturated heterocycles. The zero-order valence-corrected chi connectivity index (χ0v) is 19.6. The minimum absolute atomic E-state index is 0. The molecule has 0 aromatic carbocycles. The normalized spacial score (nSPS) is 12.7. The third-order valence-electron chi connectivity index (χ3n) is 4.08. The van der Waals surface area contributed by atoms with E-state index in [9.17, 15) is 0 Å². The number of aryl methyl sites for hydroxylation is 1. The smallest absolute Gasteiger partial charge is 0.191 e. The largest absolute Gasteiger partial charge is 0.467 e. The number of rotatable bonds is 11. The van der Waals surface area contributed by atoms with Crippen LogP contribution in [0.2, 0.25) is 0 Å². The molecular formula is C19H33IN6O2. The number of hydrogen-bond donors (Lipinski definition) is 2. The molecule has 9 heteroatoms. The lowest BCUT2D eigenvalue weighted by molar-refractivity contribution is 0.105. The molecule has 0 amide bonds. The molecule has 0 aliphatic rings. The predicted octanol–water partition coefficient (Wildman–Crippen LogP) is 2.40. The molecule has 0 fully saturated rings. The molecule has 0 bridgehead atoms. The Morgan fingerprint density at radius 2 is 2.21 bits per heavy atom. The van der Waals surface area contributed by atoms with Gasteiger partial charge in [0.15, 0.2) is 5.96 Å². The van der Waals surface area contributed by atoms with Crippen molar-refractivity contribution in [3.05, 3.63) is 42.1 Å². The minimum Gasteiger partial charge on any atom is -0.467 e. The van der Waals surface area contributed by atoms with Gasteiger partial charge in [-0.25, -0.2) is 0 Å². The van der Waals surface area contributed by atoms with Gasteiger partial charge in [0.1, 0.15) is 12.4 Å². The lowest BCUT2D eigenvalue weighted by Crippen LogP contribution is -2.38. The van der Waals surface area contributed by atoms with E-state index >= 15 is 0 Å². The number of ether oxygens (including phenoxy) is 1. The zero-order valence-electron chi connectivity index (χ0n) is 17.2. The quantitative estimate of drug-likeness (QED) is 0.212. The van der Waals surface area contributed by atoms with E-state index in [1.165, 1.54) is 0 Å². The van der Waals surface area contributed by atoms with E-state index < -0.39 is 0 Å². The summed E-state index contributed by atoms with van der Waals surface area (Å²) < 4.78 is 12.7. The fourth-order valence-electron chi connectivity index (χ4n) is 2.65. The van der Waals surface area contributed by atoms with Crippen LogP contribution in [-0.4, -0.2) is 61.0 Å². The number of aliphatic imine (C=N–C) groups is 1. The number of likely N-dealkylation sites (N-methyl/N-ethyl adjacent to an activating group) is 1. The van der Waals surface area contributed by atoms with Crippen molar-refractivity contribution in [2.24, 2.45) is 12.0 Å². The Morgan fingerprint density at radius 1 is 1.39 bits per heavy atom. The molecule has 0 radical (unpaired) electrons. The van der Waals surface area contributed by atoms with Gasteiger partial charge >= 0.3 is 0 Å². The van der Waals surface area contributed by atoms with E-state index in [0.717, 1.165) is 36.8 Å². The van der Waals surface area contributed by atoms with Gasteiger partial charge in [-0.15, -0.1) is 24.0 Å². The molecule has 0 aliphatic heterocycles. The molecule has 2 rings (SSSR count). The summed E-state index contributed by atoms with van der Waals surface area (Å²) in [5, 5.41) is 10.9. The van der Waals surface area contributed by atoms with Crippen LogP contribution < -0.4 is 10.6 Å². The number of guanidine groups is 1. The molecule has 2 aromatic rings. The Hall–Kier alpha value is -1.59. The summed E-state index contributed by atoms with van der Waals surface area (Å²) in [4.78, 5) is 6.90. The third kappa shape index (κ3) is 8.61. The number of nitrogens with one attached hydrogen (secondary N) is 2. The summed E-state index contributed by atoms with van der Waals surface area (Å²) >= 11 is 0. The average molecular weight is 504 g/mol. The maximum atomic E-state index is 5.60. The first kappa shape index (κ1) is 24.4. The van der Waals surface area contributed by atoms with E-state index in [4.69, 9.17) is 14.1 Å². The molecule has 0 saturated carbocycles. The van der Waals surface area contributed by atoms with Crippen LogP contribution in [0.4, 0.5) is 0 Å². The van der Waals surface area contributed by atoms with Crippen LogP contribution in [0, 0.1) is 0 Å². The first-order valence-corrected chi connectivity index (χ1v) is 9.37. The number of aromatic nitrogens is 2. The van der Waals surface area contributed by atoms with Crippen LogP contribution in [0.1, 0.15) is 30.7 Å². The third-order valence-corrected chi connectivity index (χ3v) is 4.08. The van der Waals surface area contributed by atoms with Gasteiger partial charge in [0.2, 0.25) is 0 Å². The van der Waals surface area contributed by atoms with Crippen molar-refractivity contribution in [1.82, 2.24) is 25.3 Å². The van der Waals surface area contributed by atoms with Crippen molar-refractivity contribution in [1.29, 1.82) is 0 Å². The summed E-state index contributed by atoms with van der Waals surface area (Å²) in [6.07, 6.45) is 6.49. The zero-order chi connectivity index (χ0) is 19.5. The second-order valence-corrected chi connectivity index (χ2v) is 6.56. The van der Waals surface area contributed by atoms with Gasteiger partial charge in [0.25, 0.3) is 0 Å². The van der Waals surface area contributed by atoms with E-state index in [-0.39, 0.29) is 30.0 Å². The second kappa shape index (κ2) is 13.6. The van der Waals surface area contributed by atoms with Crippen LogP contribution in [0.15, 0.2) is 40.2 Å². The highest BCUT2D eigenvalue weighted by atomic mass is 127. The maximum absolute atomic E-state index is 5.60. The van der Waals surface area contributed by atoms with Gasteiger partial charge in [-0.2, -0.15) is 5.10 Å². The van der Waals surface area contributed by atoms with Gasteiger partial charge in [0.05, 0.1) is 25.0 Å². The van der Waals surface area contributed by atoms with Crippen molar-refractivity contribution in [2.45, 2.75) is 26.0 Å². The summed E-state index contributed by atoms with van der Waals surface area (Å²) in [5.41, 5.74) is 1.16. The minimum atomic E-state index is 0. The molecule has 158 valence electrons. The van der Waals surface area contributed by atoms with E-state index in [1.807, 2.05) is 36.3 Å². The predicted molar refractivity (Wildman–Crippen MR) is 122 cm³/mol. The van der Waals surface area contributed by atoms with Gasteiger partial charge in [-0.1, -0.05) is 0 Å². The van der Waals surface area contributed by atoms with Crippen LogP contribution in [0.25, 0.3) is 0 Å². The number of furan rings is 1. The highest BCUT2D eigenvalue weighted by Crippen LogP contribution is 2.17. The summed E-state index contributed by atoms with van der Waals surface area (Å²) in [6, 6.07) is 3.97. The molecule has 8 nitrogen and oxygen atoms in total. The van der Waals surface area contributed by atoms with Crippen molar-refractivity contribution in [3.63, 3.8) is 0 Å². The highest BCUT2D eigenvalue weighted by molar-refractivity contribution is 14.0. The molecule has 2 aromatic heterocycles. The van der Waals surface area contributed by atoms with Crippen molar-refractivity contribution in [2.75, 3.05) is 40.3 Å². The molecule has 1 atom stereocenters. The van der Waals surface area contributed by atoms with Gasteiger partial charge < -0.3 is 24.7 Å². The van der Waals surface area contributed by atoms with Crippen LogP contribution >= 0.6 is 24.0 Å². The lowest BCUT2D eigenvalue weighted by Gasteiger charge is -2.22. The summed E-state index contributed by atoms with van der Waals surface area (Å²) in [5.74, 6) is 1.67. The van der Waals surface area contributed by atoms with E-state index in [1.54, 1.807) is 6.26 Å². The Kier molecular flexibility index (Phi) is 11.8. The average Bonchev–Trinajstić information content (AvgIpc) is 3.29. The first-order valence-electron chi connectivity index (χ1n) is 9.37. The van der Waals surface area contributed by atoms with Crippen molar-refractivity contribution < 1.29 is 9.15 Å². The summed E-state index contributed by atoms with van der Waals surface area (Å²) in [6.45, 7) is 5.51. The van der Waals surface area contributed by atoms with Crippen molar-refractivity contribution in [3.8, 4) is 0 Å². The Morgan fingerprint density at radius 3 is 2.82 bits per heavy atom. The van der Waals surface area contributed by atoms with Crippen LogP contribution in [-0.2, 0) is 18.4 Å². The van der Waals surface area contributed by atoms with Crippen LogP contribution in [0.5, 0.6) is 0 Å². The van der Waals surface area contributed by atoms with Crippen molar-refractivity contribution >= 4 is 29.9 Å². The van der Waals surface area contributed by atoms with Gasteiger partial charge in [-0.05, 0) is 39.6 Å². The molecule has 0 spiro atoms. The second-order valence-electron chi connectivity index (χ2n) is 6.56. The Balaban J connectivity index is 0.00000392. The van der Waals surface area contributed by atoms with Gasteiger partial charge in [0, 0.05) is 38.5 Å². The van der Waals surface area contributed by atoms with E-state index in [0.29, 0.717) is 19.8 Å². The number of hydrogen-bond acceptors (Lipinski definition) is 5. The topological polar surface area (TPSA) is 79.9 Å². The molecule has 1 unspecified atom stereocenters. The van der Waals surface area contributed by atoms with Crippen LogP contribution in [0.3, 0.4) is 0 Å². The molecule has 2 heterocycles. The highest BCUT2D eigenvalue weighted by Gasteiger charge is 2.15. The number of halogens is 1. The van der Waals surface area contributed by atoms with Gasteiger partial charge in [-0.3, -0.25) is 9.67 Å². The maximum Gasteiger partial charge on any atom is 0.191 e. The molecule has 28 heavy (non-hydrogen) atoms.